The minimum atomic E-state index is -2.09. The summed E-state index contributed by atoms with van der Waals surface area (Å²) in [7, 11) is 0. The van der Waals surface area contributed by atoms with Gasteiger partial charge >= 0.3 is 0 Å². The summed E-state index contributed by atoms with van der Waals surface area (Å²) in [6, 6.07) is -3.31. The van der Waals surface area contributed by atoms with Crippen molar-refractivity contribution in [3.05, 3.63) is 0 Å². The molecule has 0 radical (unpaired) electrons. The van der Waals surface area contributed by atoms with Gasteiger partial charge < -0.3 is 150 Å². The smallest absolute Gasteiger partial charge is 0.217 e. The maximum Gasteiger partial charge on any atom is 0.217 e. The fraction of sp³-hybridized carbons (Fsp3) is 0.950. The van der Waals surface area contributed by atoms with Crippen molar-refractivity contribution in [1.82, 2.24) is 10.6 Å². The van der Waals surface area contributed by atoms with Crippen molar-refractivity contribution in [3.63, 3.8) is 0 Å². The Morgan fingerprint density at radius 3 is 1.31 bits per heavy atom. The second-order valence-corrected chi connectivity index (χ2v) is 18.3. The fourth-order valence-corrected chi connectivity index (χ4v) is 9.13. The maximum atomic E-state index is 12.6. The Hall–Kier alpha value is -2.18. The largest absolute Gasteiger partial charge is 0.394 e. The Morgan fingerprint density at radius 1 is 0.389 bits per heavy atom. The van der Waals surface area contributed by atoms with Crippen molar-refractivity contribution >= 4 is 11.8 Å². The van der Waals surface area contributed by atoms with Crippen LogP contribution in [0.15, 0.2) is 0 Å². The molecular weight excluding hydrogens is 988 g/mol. The molecular formula is C40H68N2O30. The van der Waals surface area contributed by atoms with Gasteiger partial charge in [-0.15, -0.1) is 0 Å². The van der Waals surface area contributed by atoms with Crippen molar-refractivity contribution in [1.29, 1.82) is 0 Å². The number of rotatable bonds is 17. The average Bonchev–Trinajstić information content (AvgIpc) is 3.34. The van der Waals surface area contributed by atoms with E-state index in [1.807, 2.05) is 0 Å². The molecule has 6 heterocycles. The summed E-state index contributed by atoms with van der Waals surface area (Å²) >= 11 is 0. The van der Waals surface area contributed by atoms with Crippen LogP contribution in [-0.4, -0.2) is 316 Å². The van der Waals surface area contributed by atoms with E-state index in [2.05, 4.69) is 10.6 Å². The highest BCUT2D eigenvalue weighted by Gasteiger charge is 2.58. The molecule has 6 saturated heterocycles. The minimum absolute atomic E-state index is 0.758. The van der Waals surface area contributed by atoms with Gasteiger partial charge in [-0.25, -0.2) is 0 Å². The van der Waals surface area contributed by atoms with Gasteiger partial charge in [-0.1, -0.05) is 0 Å². The summed E-state index contributed by atoms with van der Waals surface area (Å²) in [5.74, 6) is -1.58. The molecule has 0 aliphatic carbocycles. The SMILES string of the molecule is CC(=O)N[C@@H]1[C@@H](O[C@@H]2O[C@H](CO)[C@H](O)[C@H](O)[C@H]2O)[C@@H](O)[C@@H](CO[C@@H]2O[C@H](CO)[C@@H](O[C@@H]3O[C@H](CO)[C@H](O)[C@H](O[C@H]4O[C@H](CO)[C@H](O)[C@H](O)[C@H]4O)[C@H]3O[C@@H]3O[C@@H](C)[C@@H](O)[C@@H](O)[C@@H]3O)[C@H](O)[C@H]2NC(C)=O)O[C@@H]1O. The van der Waals surface area contributed by atoms with Crippen molar-refractivity contribution < 1.29 is 149 Å². The number of ether oxygens (including phenoxy) is 11. The summed E-state index contributed by atoms with van der Waals surface area (Å²) in [6.07, 6.45) is -52.0. The Labute approximate surface area is 408 Å². The predicted octanol–water partition coefficient (Wildman–Crippen LogP) is -12.8. The van der Waals surface area contributed by atoms with E-state index in [1.165, 1.54) is 6.92 Å². The van der Waals surface area contributed by atoms with Gasteiger partial charge in [-0.05, 0) is 6.92 Å². The molecule has 6 rings (SSSR count). The lowest BCUT2D eigenvalue weighted by atomic mass is 9.94. The molecule has 2 amide bonds. The van der Waals surface area contributed by atoms with E-state index in [1.54, 1.807) is 0 Å². The van der Waals surface area contributed by atoms with Crippen molar-refractivity contribution in [2.45, 2.75) is 205 Å². The minimum Gasteiger partial charge on any atom is -0.394 e. The zero-order chi connectivity index (χ0) is 53.2. The summed E-state index contributed by atoms with van der Waals surface area (Å²) in [6.45, 7) is -1.28. The second kappa shape index (κ2) is 25.3. The van der Waals surface area contributed by atoms with Crippen LogP contribution in [0.4, 0.5) is 0 Å². The van der Waals surface area contributed by atoms with E-state index >= 15 is 0 Å². The van der Waals surface area contributed by atoms with E-state index in [4.69, 9.17) is 52.1 Å². The first-order valence-electron chi connectivity index (χ1n) is 23.0. The lowest BCUT2D eigenvalue weighted by Gasteiger charge is -2.51. The van der Waals surface area contributed by atoms with Crippen LogP contribution in [0.25, 0.3) is 0 Å². The average molecular weight is 1060 g/mol. The van der Waals surface area contributed by atoms with Crippen LogP contribution in [0.5, 0.6) is 0 Å². The molecule has 0 saturated carbocycles. The van der Waals surface area contributed by atoms with Crippen LogP contribution < -0.4 is 10.6 Å². The predicted molar refractivity (Wildman–Crippen MR) is 221 cm³/mol. The summed E-state index contributed by atoms with van der Waals surface area (Å²) in [5, 5.41) is 186. The van der Waals surface area contributed by atoms with E-state index in [0.717, 1.165) is 13.8 Å². The van der Waals surface area contributed by atoms with Crippen molar-refractivity contribution in [2.75, 3.05) is 33.0 Å². The molecule has 6 aliphatic rings. The molecule has 32 heteroatoms. The van der Waals surface area contributed by atoms with Crippen molar-refractivity contribution in [3.8, 4) is 0 Å². The van der Waals surface area contributed by atoms with Gasteiger partial charge in [0, 0.05) is 13.8 Å². The van der Waals surface area contributed by atoms with Gasteiger partial charge in [0.2, 0.25) is 11.8 Å². The number of hydrogen-bond acceptors (Lipinski definition) is 30. The quantitative estimate of drug-likeness (QED) is 0.0643. The van der Waals surface area contributed by atoms with Crippen LogP contribution in [0, 0.1) is 0 Å². The van der Waals surface area contributed by atoms with Gasteiger partial charge in [0.15, 0.2) is 37.7 Å². The first-order chi connectivity index (χ1) is 34.0. The van der Waals surface area contributed by atoms with E-state index in [0.29, 0.717) is 0 Å². The number of nitrogens with one attached hydrogen (secondary N) is 2. The lowest BCUT2D eigenvalue weighted by molar-refractivity contribution is -0.402. The maximum absolute atomic E-state index is 12.6. The normalized spacial score (nSPS) is 50.3. The Balaban J connectivity index is 1.26. The van der Waals surface area contributed by atoms with Gasteiger partial charge in [-0.3, -0.25) is 9.59 Å². The molecule has 72 heavy (non-hydrogen) atoms. The van der Waals surface area contributed by atoms with Crippen LogP contribution in [0.1, 0.15) is 20.8 Å². The molecule has 0 spiro atoms. The Bertz CT molecular complexity index is 1730. The highest BCUT2D eigenvalue weighted by atomic mass is 16.8. The molecule has 6 aliphatic heterocycles. The third kappa shape index (κ3) is 12.6. The van der Waals surface area contributed by atoms with Crippen LogP contribution >= 0.6 is 0 Å². The van der Waals surface area contributed by atoms with Crippen LogP contribution in [0.2, 0.25) is 0 Å². The van der Waals surface area contributed by atoms with Crippen LogP contribution in [-0.2, 0) is 61.7 Å². The zero-order valence-electron chi connectivity index (χ0n) is 38.8. The van der Waals surface area contributed by atoms with Crippen molar-refractivity contribution in [2.24, 2.45) is 0 Å². The highest BCUT2D eigenvalue weighted by molar-refractivity contribution is 5.73. The van der Waals surface area contributed by atoms with Gasteiger partial charge in [-0.2, -0.15) is 0 Å². The first kappa shape index (κ1) is 59.1. The number of aliphatic hydroxyl groups is 17. The van der Waals surface area contributed by atoms with E-state index < -0.39 is 229 Å². The Morgan fingerprint density at radius 2 is 0.792 bits per heavy atom. The molecule has 32 nitrogen and oxygen atoms in total. The number of aliphatic hydroxyl groups excluding tert-OH is 17. The summed E-state index contributed by atoms with van der Waals surface area (Å²) in [5.41, 5.74) is 0. The molecule has 0 aromatic rings. The van der Waals surface area contributed by atoms with Gasteiger partial charge in [0.25, 0.3) is 0 Å². The topological polar surface area (TPSA) is 504 Å². The van der Waals surface area contributed by atoms with Crippen LogP contribution in [0.3, 0.4) is 0 Å². The fourth-order valence-electron chi connectivity index (χ4n) is 9.13. The van der Waals surface area contributed by atoms with E-state index in [-0.39, 0.29) is 0 Å². The monoisotopic (exact) mass is 1060 g/mol. The van der Waals surface area contributed by atoms with Gasteiger partial charge in [0.1, 0.15) is 140 Å². The lowest BCUT2D eigenvalue weighted by Crippen LogP contribution is -2.70. The molecule has 0 unspecified atom stereocenters. The third-order valence-corrected chi connectivity index (χ3v) is 13.2. The van der Waals surface area contributed by atoms with Gasteiger partial charge in [0.05, 0.1) is 39.1 Å². The zero-order valence-corrected chi connectivity index (χ0v) is 38.8. The molecule has 0 aromatic heterocycles. The molecule has 418 valence electrons. The van der Waals surface area contributed by atoms with E-state index in [9.17, 15) is 96.4 Å². The summed E-state index contributed by atoms with van der Waals surface area (Å²) < 4.78 is 63.5. The second-order valence-electron chi connectivity index (χ2n) is 18.3. The molecule has 19 N–H and O–H groups in total. The number of carbonyl (C=O) groups is 2. The third-order valence-electron chi connectivity index (χ3n) is 13.2. The molecule has 6 fully saturated rings. The number of hydrogen-bond donors (Lipinski definition) is 19. The number of amides is 2. The standard InChI is InChI=1S/C40H68N2O30/c1-9-19(49)25(55)28(58)37(63-9)72-34-33(71-39-30(60)27(57)21(51)13(5-44)66-39)22(52)14(6-45)67-40(34)69-31-15(7-46)68-36(17(24(31)54)41-10(2)47)62-8-16-23(53)32(18(35(61)64-16)42-11(3)48)70-38-29(59)26(56)20(50)12(4-43)65-38/h9,12-40,43-46,49-61H,4-8H2,1-3H3,(H,41,47)(H,42,48)/t9-,12+,13+,14+,15+,16+,17+,18+,19+,20-,21-,22-,23-,24+,25+,26-,27-,28-,29+,30+,31+,32+,33-,34+,35-,36+,37-,38-,39+,40-/m0/s1. The summed E-state index contributed by atoms with van der Waals surface area (Å²) in [4.78, 5) is 24.8. The molecule has 0 bridgehead atoms. The first-order valence-corrected chi connectivity index (χ1v) is 23.0. The number of carbonyl (C=O) groups excluding carboxylic acids is 2. The molecule has 30 atom stereocenters. The highest BCUT2D eigenvalue weighted by Crippen LogP contribution is 2.37. The molecule has 0 aromatic carbocycles. The Kier molecular flexibility index (Phi) is 20.8.